The molecule has 19 heavy (non-hydrogen) atoms. The van der Waals surface area contributed by atoms with Crippen LogP contribution >= 0.6 is 11.6 Å². The van der Waals surface area contributed by atoms with E-state index in [0.29, 0.717) is 16.8 Å². The van der Waals surface area contributed by atoms with Gasteiger partial charge in [0.2, 0.25) is 0 Å². The first-order valence-electron chi connectivity index (χ1n) is 6.47. The quantitative estimate of drug-likeness (QED) is 0.684. The van der Waals surface area contributed by atoms with Gasteiger partial charge in [-0.25, -0.2) is 0 Å². The van der Waals surface area contributed by atoms with Crippen molar-refractivity contribution < 1.29 is 4.92 Å². The fourth-order valence-electron chi connectivity index (χ4n) is 2.53. The largest absolute Gasteiger partial charge is 0.366 e. The van der Waals surface area contributed by atoms with Crippen molar-refractivity contribution in [1.29, 1.82) is 0 Å². The van der Waals surface area contributed by atoms with Crippen molar-refractivity contribution >= 4 is 23.0 Å². The molecule has 0 spiro atoms. The molecule has 0 aromatic heterocycles. The molecule has 1 aromatic carbocycles. The van der Waals surface area contributed by atoms with Crippen LogP contribution in [0.25, 0.3) is 0 Å². The van der Waals surface area contributed by atoms with Crippen LogP contribution in [-0.4, -0.2) is 31.1 Å². The first-order chi connectivity index (χ1) is 9.09. The first-order valence-corrected chi connectivity index (χ1v) is 6.85. The molecule has 1 aliphatic heterocycles. The van der Waals surface area contributed by atoms with Crippen molar-refractivity contribution in [2.45, 2.75) is 25.3 Å². The van der Waals surface area contributed by atoms with E-state index in [9.17, 15) is 10.1 Å². The average Bonchev–Trinajstić information content (AvgIpc) is 2.66. The number of nitrogens with one attached hydrogen (secondary N) is 1. The van der Waals surface area contributed by atoms with Crippen LogP contribution in [0.4, 0.5) is 11.4 Å². The molecule has 1 aliphatic rings. The number of benzene rings is 1. The molecule has 0 amide bonds. The third-order valence-corrected chi connectivity index (χ3v) is 3.84. The minimum atomic E-state index is -0.368. The Labute approximate surface area is 117 Å². The van der Waals surface area contributed by atoms with Gasteiger partial charge in [-0.15, -0.1) is 0 Å². The summed E-state index contributed by atoms with van der Waals surface area (Å²) in [6.45, 7) is 1.98. The molecule has 104 valence electrons. The number of anilines is 1. The smallest absolute Gasteiger partial charge is 0.294 e. The van der Waals surface area contributed by atoms with E-state index in [2.05, 4.69) is 5.32 Å². The topological polar surface area (TPSA) is 58.4 Å². The molecular weight excluding hydrogens is 266 g/mol. The Balaban J connectivity index is 2.26. The molecule has 1 unspecified atom stereocenters. The standard InChI is InChI=1S/C13H18ClN3O2/c1-16(11-3-2-7-15-8-6-11)12-5-4-10(14)9-13(12)17(18)19/h4-5,9,11,15H,2-3,6-8H2,1H3. The summed E-state index contributed by atoms with van der Waals surface area (Å²) in [5.41, 5.74) is 0.716. The summed E-state index contributed by atoms with van der Waals surface area (Å²) in [6.07, 6.45) is 3.13. The maximum atomic E-state index is 11.1. The molecule has 1 aromatic rings. The van der Waals surface area contributed by atoms with Gasteiger partial charge in [-0.2, -0.15) is 0 Å². The minimum Gasteiger partial charge on any atom is -0.366 e. The molecule has 5 nitrogen and oxygen atoms in total. The van der Waals surface area contributed by atoms with Crippen molar-refractivity contribution in [3.63, 3.8) is 0 Å². The number of nitro benzene ring substituents is 1. The Hall–Kier alpha value is -1.33. The number of hydrogen-bond donors (Lipinski definition) is 1. The molecule has 1 heterocycles. The van der Waals surface area contributed by atoms with E-state index in [1.54, 1.807) is 12.1 Å². The van der Waals surface area contributed by atoms with E-state index in [1.807, 2.05) is 11.9 Å². The highest BCUT2D eigenvalue weighted by Gasteiger charge is 2.23. The van der Waals surface area contributed by atoms with Gasteiger partial charge >= 0.3 is 0 Å². The van der Waals surface area contributed by atoms with Gasteiger partial charge in [0.25, 0.3) is 5.69 Å². The predicted octanol–water partition coefficient (Wildman–Crippen LogP) is 2.83. The summed E-state index contributed by atoms with van der Waals surface area (Å²) in [4.78, 5) is 12.8. The molecule has 1 N–H and O–H groups in total. The maximum absolute atomic E-state index is 11.1. The van der Waals surface area contributed by atoms with Crippen molar-refractivity contribution in [2.24, 2.45) is 0 Å². The van der Waals surface area contributed by atoms with Crippen LogP contribution in [0.15, 0.2) is 18.2 Å². The zero-order chi connectivity index (χ0) is 13.8. The second-order valence-electron chi connectivity index (χ2n) is 4.84. The van der Waals surface area contributed by atoms with Crippen LogP contribution < -0.4 is 10.2 Å². The van der Waals surface area contributed by atoms with Crippen LogP contribution in [0.2, 0.25) is 5.02 Å². The zero-order valence-corrected chi connectivity index (χ0v) is 11.7. The lowest BCUT2D eigenvalue weighted by atomic mass is 10.1. The van der Waals surface area contributed by atoms with E-state index >= 15 is 0 Å². The number of halogens is 1. The molecular formula is C13H18ClN3O2. The van der Waals surface area contributed by atoms with Gasteiger partial charge < -0.3 is 10.2 Å². The SMILES string of the molecule is CN(c1ccc(Cl)cc1[N+](=O)[O-])C1CCCNCC1. The van der Waals surface area contributed by atoms with Gasteiger partial charge in [-0.05, 0) is 44.5 Å². The van der Waals surface area contributed by atoms with Gasteiger partial charge in [0, 0.05) is 24.2 Å². The minimum absolute atomic E-state index is 0.0761. The Morgan fingerprint density at radius 1 is 1.42 bits per heavy atom. The zero-order valence-electron chi connectivity index (χ0n) is 10.9. The predicted molar refractivity (Wildman–Crippen MR) is 77.0 cm³/mol. The number of nitro groups is 1. The Morgan fingerprint density at radius 2 is 2.21 bits per heavy atom. The maximum Gasteiger partial charge on any atom is 0.294 e. The second kappa shape index (κ2) is 6.21. The molecule has 0 saturated carbocycles. The van der Waals surface area contributed by atoms with Crippen LogP contribution in [0.5, 0.6) is 0 Å². The van der Waals surface area contributed by atoms with Crippen LogP contribution in [-0.2, 0) is 0 Å². The summed E-state index contributed by atoms with van der Waals surface area (Å²) in [5, 5.41) is 14.9. The Kier molecular flexibility index (Phi) is 4.61. The van der Waals surface area contributed by atoms with Gasteiger partial charge in [-0.1, -0.05) is 11.6 Å². The Bertz CT molecular complexity index is 459. The van der Waals surface area contributed by atoms with Gasteiger partial charge in [-0.3, -0.25) is 10.1 Å². The molecule has 0 radical (unpaired) electrons. The van der Waals surface area contributed by atoms with E-state index < -0.39 is 0 Å². The lowest BCUT2D eigenvalue weighted by Crippen LogP contribution is -2.32. The summed E-state index contributed by atoms with van der Waals surface area (Å²) >= 11 is 5.84. The van der Waals surface area contributed by atoms with Crippen LogP contribution in [0, 0.1) is 10.1 Å². The second-order valence-corrected chi connectivity index (χ2v) is 5.27. The summed E-state index contributed by atoms with van der Waals surface area (Å²) in [5.74, 6) is 0. The molecule has 1 atom stereocenters. The first kappa shape index (κ1) is 14.1. The van der Waals surface area contributed by atoms with Crippen molar-refractivity contribution in [1.82, 2.24) is 5.32 Å². The van der Waals surface area contributed by atoms with Gasteiger partial charge in [0.15, 0.2) is 0 Å². The molecule has 1 fully saturated rings. The van der Waals surface area contributed by atoms with Gasteiger partial charge in [0.05, 0.1) is 4.92 Å². The van der Waals surface area contributed by atoms with E-state index in [-0.39, 0.29) is 10.6 Å². The molecule has 6 heteroatoms. The van der Waals surface area contributed by atoms with E-state index in [0.717, 1.165) is 32.4 Å². The highest BCUT2D eigenvalue weighted by molar-refractivity contribution is 6.30. The van der Waals surface area contributed by atoms with Crippen molar-refractivity contribution in [2.75, 3.05) is 25.0 Å². The third-order valence-electron chi connectivity index (χ3n) is 3.61. The number of nitrogens with zero attached hydrogens (tertiary/aromatic N) is 2. The summed E-state index contributed by atoms with van der Waals surface area (Å²) in [6, 6.07) is 5.19. The monoisotopic (exact) mass is 283 g/mol. The summed E-state index contributed by atoms with van der Waals surface area (Å²) in [7, 11) is 1.92. The average molecular weight is 284 g/mol. The highest BCUT2D eigenvalue weighted by Crippen LogP contribution is 2.32. The molecule has 1 saturated heterocycles. The third kappa shape index (κ3) is 3.36. The number of hydrogen-bond acceptors (Lipinski definition) is 4. The lowest BCUT2D eigenvalue weighted by molar-refractivity contribution is -0.384. The highest BCUT2D eigenvalue weighted by atomic mass is 35.5. The normalized spacial score (nSPS) is 19.8. The van der Waals surface area contributed by atoms with E-state index in [1.165, 1.54) is 6.07 Å². The fourth-order valence-corrected chi connectivity index (χ4v) is 2.69. The Morgan fingerprint density at radius 3 is 2.95 bits per heavy atom. The van der Waals surface area contributed by atoms with Crippen LogP contribution in [0.1, 0.15) is 19.3 Å². The fraction of sp³-hybridized carbons (Fsp3) is 0.538. The molecule has 2 rings (SSSR count). The molecule has 0 bridgehead atoms. The van der Waals surface area contributed by atoms with E-state index in [4.69, 9.17) is 11.6 Å². The molecule has 0 aliphatic carbocycles. The van der Waals surface area contributed by atoms with Crippen molar-refractivity contribution in [3.05, 3.63) is 33.3 Å². The summed E-state index contributed by atoms with van der Waals surface area (Å²) < 4.78 is 0. The van der Waals surface area contributed by atoms with Crippen molar-refractivity contribution in [3.8, 4) is 0 Å². The van der Waals surface area contributed by atoms with Gasteiger partial charge in [0.1, 0.15) is 5.69 Å². The van der Waals surface area contributed by atoms with Crippen LogP contribution in [0.3, 0.4) is 0 Å². The lowest BCUT2D eigenvalue weighted by Gasteiger charge is -2.28. The number of rotatable bonds is 3.